The molecule has 0 radical (unpaired) electrons. The Morgan fingerprint density at radius 1 is 1.28 bits per heavy atom. The van der Waals surface area contributed by atoms with Gasteiger partial charge in [-0.3, -0.25) is 9.78 Å². The molecule has 29 heavy (non-hydrogen) atoms. The number of carbonyl (C=O) groups is 1. The zero-order valence-electron chi connectivity index (χ0n) is 15.9. The minimum atomic E-state index is -0.465. The average molecular weight is 395 g/mol. The topological polar surface area (TPSA) is 98.1 Å². The van der Waals surface area contributed by atoms with Gasteiger partial charge < -0.3 is 15.2 Å². The number of hydrogen-bond acceptors (Lipinski definition) is 6. The van der Waals surface area contributed by atoms with Crippen molar-refractivity contribution in [2.24, 2.45) is 5.73 Å². The normalized spacial score (nSPS) is 17.4. The molecule has 1 aromatic carbocycles. The van der Waals surface area contributed by atoms with Crippen molar-refractivity contribution in [1.29, 1.82) is 0 Å². The maximum absolute atomic E-state index is 13.8. The summed E-state index contributed by atoms with van der Waals surface area (Å²) >= 11 is 0. The lowest BCUT2D eigenvalue weighted by Gasteiger charge is -2.23. The van der Waals surface area contributed by atoms with Crippen LogP contribution in [-0.4, -0.2) is 38.5 Å². The predicted molar refractivity (Wildman–Crippen MR) is 104 cm³/mol. The average Bonchev–Trinajstić information content (AvgIpc) is 3.40. The van der Waals surface area contributed by atoms with Crippen molar-refractivity contribution < 1.29 is 13.7 Å². The predicted octanol–water partition coefficient (Wildman–Crippen LogP) is 2.89. The molecule has 2 aromatic heterocycles. The monoisotopic (exact) mass is 395 g/mol. The molecule has 0 bridgehead atoms. The minimum Gasteiger partial charge on any atom is -0.337 e. The number of hydrogen-bond donors (Lipinski definition) is 1. The Hall–Kier alpha value is -3.13. The van der Waals surface area contributed by atoms with Crippen molar-refractivity contribution in [1.82, 2.24) is 20.0 Å². The van der Waals surface area contributed by atoms with Crippen LogP contribution in [-0.2, 0) is 11.2 Å². The number of nitrogens with two attached hydrogens (primary N) is 1. The van der Waals surface area contributed by atoms with Gasteiger partial charge in [0.25, 0.3) is 0 Å². The number of aromatic nitrogens is 3. The van der Waals surface area contributed by atoms with Crippen molar-refractivity contribution in [2.75, 3.05) is 6.54 Å². The summed E-state index contributed by atoms with van der Waals surface area (Å²) in [5.41, 5.74) is 7.27. The van der Waals surface area contributed by atoms with Crippen molar-refractivity contribution in [3.63, 3.8) is 0 Å². The van der Waals surface area contributed by atoms with E-state index >= 15 is 0 Å². The van der Waals surface area contributed by atoms with E-state index in [-0.39, 0.29) is 24.2 Å². The quantitative estimate of drug-likeness (QED) is 0.689. The molecule has 2 unspecified atom stereocenters. The molecule has 2 N–H and O–H groups in total. The fraction of sp³-hybridized carbons (Fsp3) is 0.333. The van der Waals surface area contributed by atoms with Crippen LogP contribution in [0.2, 0.25) is 0 Å². The Morgan fingerprint density at radius 2 is 2.10 bits per heavy atom. The molecule has 4 rings (SSSR count). The van der Waals surface area contributed by atoms with Crippen LogP contribution in [0.1, 0.15) is 36.8 Å². The van der Waals surface area contributed by atoms with E-state index in [9.17, 15) is 9.18 Å². The Bertz CT molecular complexity index is 978. The fourth-order valence-electron chi connectivity index (χ4n) is 3.65. The molecule has 1 fully saturated rings. The van der Waals surface area contributed by atoms with Crippen LogP contribution in [0.5, 0.6) is 0 Å². The van der Waals surface area contributed by atoms with Gasteiger partial charge >= 0.3 is 0 Å². The number of benzene rings is 1. The Balaban J connectivity index is 1.42. The molecule has 0 spiro atoms. The van der Waals surface area contributed by atoms with Crippen LogP contribution in [0.25, 0.3) is 11.5 Å². The van der Waals surface area contributed by atoms with Crippen LogP contribution in [0, 0.1) is 5.82 Å². The van der Waals surface area contributed by atoms with E-state index in [1.165, 1.54) is 6.07 Å². The van der Waals surface area contributed by atoms with E-state index in [0.29, 0.717) is 35.9 Å². The van der Waals surface area contributed by atoms with Gasteiger partial charge in [0.2, 0.25) is 17.6 Å². The van der Waals surface area contributed by atoms with Crippen molar-refractivity contribution in [2.45, 2.75) is 37.8 Å². The summed E-state index contributed by atoms with van der Waals surface area (Å²) in [5, 5.41) is 4.00. The zero-order valence-corrected chi connectivity index (χ0v) is 15.9. The summed E-state index contributed by atoms with van der Waals surface area (Å²) in [5.74, 6) is 0.409. The molecule has 0 aliphatic carbocycles. The van der Waals surface area contributed by atoms with E-state index in [0.717, 1.165) is 12.8 Å². The van der Waals surface area contributed by atoms with E-state index in [4.69, 9.17) is 10.3 Å². The maximum atomic E-state index is 13.8. The molecule has 150 valence electrons. The zero-order chi connectivity index (χ0) is 20.2. The first-order valence-electron chi connectivity index (χ1n) is 9.65. The molecule has 3 heterocycles. The van der Waals surface area contributed by atoms with Gasteiger partial charge in [0, 0.05) is 25.2 Å². The number of amides is 1. The first-order valence-corrected chi connectivity index (χ1v) is 9.65. The Labute approximate surface area is 167 Å². The summed E-state index contributed by atoms with van der Waals surface area (Å²) in [6, 6.07) is 11.2. The van der Waals surface area contributed by atoms with E-state index in [1.54, 1.807) is 35.4 Å². The van der Waals surface area contributed by atoms with Crippen LogP contribution >= 0.6 is 0 Å². The van der Waals surface area contributed by atoms with Gasteiger partial charge in [0.1, 0.15) is 17.6 Å². The molecular formula is C21H22FN5O2. The Morgan fingerprint density at radius 3 is 2.90 bits per heavy atom. The second kappa shape index (κ2) is 8.48. The molecule has 1 saturated heterocycles. The molecule has 8 heteroatoms. The summed E-state index contributed by atoms with van der Waals surface area (Å²) in [4.78, 5) is 23.2. The molecule has 1 amide bonds. The van der Waals surface area contributed by atoms with Crippen molar-refractivity contribution >= 4 is 5.91 Å². The van der Waals surface area contributed by atoms with Gasteiger partial charge in [-0.1, -0.05) is 29.4 Å². The lowest BCUT2D eigenvalue weighted by atomic mass is 10.0. The molecule has 2 atom stereocenters. The van der Waals surface area contributed by atoms with E-state index < -0.39 is 6.04 Å². The van der Waals surface area contributed by atoms with Crippen LogP contribution in [0.15, 0.2) is 53.2 Å². The molecule has 3 aromatic rings. The number of halogens is 1. The first kappa shape index (κ1) is 19.2. The fourth-order valence-corrected chi connectivity index (χ4v) is 3.65. The SMILES string of the molecule is NC(CC(=O)N1CCCC1c1nc(-c2ccccn2)no1)Cc1ccccc1F. The smallest absolute Gasteiger partial charge is 0.249 e. The number of nitrogens with zero attached hydrogens (tertiary/aromatic N) is 4. The third-order valence-corrected chi connectivity index (χ3v) is 5.07. The number of pyridine rings is 1. The summed E-state index contributed by atoms with van der Waals surface area (Å²) in [6.45, 7) is 0.608. The lowest BCUT2D eigenvalue weighted by molar-refractivity contribution is -0.132. The van der Waals surface area contributed by atoms with Gasteiger partial charge in [-0.25, -0.2) is 4.39 Å². The van der Waals surface area contributed by atoms with Gasteiger partial charge in [-0.05, 0) is 43.0 Å². The maximum Gasteiger partial charge on any atom is 0.249 e. The van der Waals surface area contributed by atoms with Crippen molar-refractivity contribution in [3.05, 3.63) is 65.9 Å². The van der Waals surface area contributed by atoms with Crippen LogP contribution in [0.3, 0.4) is 0 Å². The highest BCUT2D eigenvalue weighted by Crippen LogP contribution is 2.32. The molecule has 7 nitrogen and oxygen atoms in total. The minimum absolute atomic E-state index is 0.0890. The van der Waals surface area contributed by atoms with Crippen molar-refractivity contribution in [3.8, 4) is 11.5 Å². The van der Waals surface area contributed by atoms with Crippen LogP contribution < -0.4 is 5.73 Å². The summed E-state index contributed by atoms with van der Waals surface area (Å²) < 4.78 is 19.3. The molecule has 1 aliphatic heterocycles. The second-order valence-corrected chi connectivity index (χ2v) is 7.18. The number of likely N-dealkylation sites (tertiary alicyclic amines) is 1. The highest BCUT2D eigenvalue weighted by atomic mass is 19.1. The Kier molecular flexibility index (Phi) is 5.62. The first-order chi connectivity index (χ1) is 14.1. The molecule has 0 saturated carbocycles. The largest absolute Gasteiger partial charge is 0.337 e. The standard InChI is InChI=1S/C21H22FN5O2/c22-16-7-2-1-6-14(16)12-15(23)13-19(28)27-11-5-9-18(27)21-25-20(26-29-21)17-8-3-4-10-24-17/h1-4,6-8,10,15,18H,5,9,11-13,23H2. The highest BCUT2D eigenvalue weighted by molar-refractivity contribution is 5.77. The third-order valence-electron chi connectivity index (χ3n) is 5.07. The summed E-state index contributed by atoms with van der Waals surface area (Å²) in [7, 11) is 0. The molecule has 1 aliphatic rings. The van der Waals surface area contributed by atoms with E-state index in [2.05, 4.69) is 15.1 Å². The number of carbonyl (C=O) groups excluding carboxylic acids is 1. The number of rotatable bonds is 6. The van der Waals surface area contributed by atoms with Gasteiger partial charge in [-0.15, -0.1) is 0 Å². The summed E-state index contributed by atoms with van der Waals surface area (Å²) in [6.07, 6.45) is 3.69. The van der Waals surface area contributed by atoms with Gasteiger partial charge in [-0.2, -0.15) is 4.98 Å². The lowest BCUT2D eigenvalue weighted by Crippen LogP contribution is -2.36. The van der Waals surface area contributed by atoms with E-state index in [1.807, 2.05) is 12.1 Å². The third kappa shape index (κ3) is 4.32. The molecular weight excluding hydrogens is 373 g/mol. The van der Waals surface area contributed by atoms with Gasteiger partial charge in [0.05, 0.1) is 0 Å². The van der Waals surface area contributed by atoms with Crippen LogP contribution in [0.4, 0.5) is 4.39 Å². The highest BCUT2D eigenvalue weighted by Gasteiger charge is 2.34. The second-order valence-electron chi connectivity index (χ2n) is 7.18. The van der Waals surface area contributed by atoms with Gasteiger partial charge in [0.15, 0.2) is 0 Å².